The Labute approximate surface area is 423 Å². The third kappa shape index (κ3) is 15.1. The van der Waals surface area contributed by atoms with Crippen molar-refractivity contribution in [3.05, 3.63) is 60.2 Å². The van der Waals surface area contributed by atoms with Crippen molar-refractivity contribution in [3.8, 4) is 0 Å². The highest BCUT2D eigenvalue weighted by Gasteiger charge is 2.44. The van der Waals surface area contributed by atoms with Crippen LogP contribution >= 0.6 is 0 Å². The minimum Gasteiger partial charge on any atom is -0.379 e. The molecule has 2 aliphatic carbocycles. The highest BCUT2D eigenvalue weighted by atomic mass is 19.4. The lowest BCUT2D eigenvalue weighted by Crippen LogP contribution is -2.59. The molecule has 2 saturated heterocycles. The van der Waals surface area contributed by atoms with Crippen LogP contribution in [0, 0.1) is 17.8 Å². The normalized spacial score (nSPS) is 24.5. The van der Waals surface area contributed by atoms with Gasteiger partial charge in [-0.2, -0.15) is 13.2 Å². The van der Waals surface area contributed by atoms with Gasteiger partial charge in [0.25, 0.3) is 0 Å². The average molecular weight is 1020 g/mol. The Hall–Kier alpha value is -6.00. The minimum atomic E-state index is -4.56. The van der Waals surface area contributed by atoms with Crippen LogP contribution < -0.4 is 31.9 Å². The van der Waals surface area contributed by atoms with Gasteiger partial charge in [0.05, 0.1) is 48.3 Å². The molecule has 4 heterocycles. The number of amides is 6. The van der Waals surface area contributed by atoms with Crippen molar-refractivity contribution in [1.82, 2.24) is 51.3 Å². The van der Waals surface area contributed by atoms with Gasteiger partial charge in [-0.1, -0.05) is 19.9 Å². The second kappa shape index (κ2) is 25.8. The number of nitrogens with one attached hydrogen (secondary N) is 6. The molecule has 2 saturated carbocycles. The number of ether oxygens (including phenoxy) is 2. The lowest BCUT2D eigenvalue weighted by Gasteiger charge is -2.42. The average Bonchev–Trinajstić information content (AvgIpc) is 3.88. The van der Waals surface area contributed by atoms with E-state index in [1.807, 2.05) is 11.0 Å². The number of carbonyl (C=O) groups excluding carboxylic acids is 6. The van der Waals surface area contributed by atoms with Crippen molar-refractivity contribution >= 4 is 52.2 Å². The van der Waals surface area contributed by atoms with E-state index < -0.39 is 23.7 Å². The van der Waals surface area contributed by atoms with Crippen LogP contribution in [0.25, 0.3) is 10.9 Å². The molecule has 0 radical (unpaired) electrons. The number of hydrogen-bond donors (Lipinski definition) is 6. The number of fused-ring (bicyclic) bond motifs is 1. The number of rotatable bonds is 23. The van der Waals surface area contributed by atoms with Gasteiger partial charge in [0.15, 0.2) is 0 Å². The van der Waals surface area contributed by atoms with E-state index in [2.05, 4.69) is 60.7 Å². The van der Waals surface area contributed by atoms with Crippen LogP contribution in [0.1, 0.15) is 102 Å². The maximum atomic E-state index is 14.0. The van der Waals surface area contributed by atoms with Crippen LogP contribution in [0.4, 0.5) is 19.0 Å². The van der Waals surface area contributed by atoms with Crippen LogP contribution in [0.2, 0.25) is 0 Å². The number of anilines is 1. The molecule has 6 N–H and O–H groups in total. The Morgan fingerprint density at radius 2 is 1.66 bits per heavy atom. The maximum absolute atomic E-state index is 14.0. The van der Waals surface area contributed by atoms with E-state index in [1.54, 1.807) is 30.4 Å². The fourth-order valence-corrected chi connectivity index (χ4v) is 10.4. The predicted molar refractivity (Wildman–Crippen MR) is 263 cm³/mol. The topological polar surface area (TPSA) is 238 Å². The molecular weight excluding hydrogens is 952 g/mol. The molecule has 0 bridgehead atoms. The third-order valence-electron chi connectivity index (χ3n) is 14.3. The van der Waals surface area contributed by atoms with E-state index in [4.69, 9.17) is 9.47 Å². The van der Waals surface area contributed by atoms with Crippen molar-refractivity contribution in [2.75, 3.05) is 65.0 Å². The summed E-state index contributed by atoms with van der Waals surface area (Å²) in [7, 11) is 1.69. The molecule has 22 heteroatoms. The smallest absolute Gasteiger partial charge is 0.379 e. The van der Waals surface area contributed by atoms with Crippen molar-refractivity contribution in [2.24, 2.45) is 17.8 Å². The van der Waals surface area contributed by atoms with Gasteiger partial charge < -0.3 is 51.2 Å². The molecule has 1 aromatic carbocycles. The first kappa shape index (κ1) is 54.8. The van der Waals surface area contributed by atoms with Gasteiger partial charge in [0.1, 0.15) is 24.8 Å². The highest BCUT2D eigenvalue weighted by Crippen LogP contribution is 2.37. The summed E-state index contributed by atoms with van der Waals surface area (Å²) in [5.74, 6) is -1.26. The molecule has 2 aliphatic heterocycles. The number of hydrogen-bond acceptors (Lipinski definition) is 13. The fourth-order valence-electron chi connectivity index (χ4n) is 10.4. The van der Waals surface area contributed by atoms with Gasteiger partial charge in [-0.3, -0.25) is 33.8 Å². The van der Waals surface area contributed by atoms with Crippen molar-refractivity contribution < 1.29 is 51.4 Å². The van der Waals surface area contributed by atoms with Crippen LogP contribution in [0.15, 0.2) is 49.1 Å². The van der Waals surface area contributed by atoms with E-state index in [0.717, 1.165) is 30.7 Å². The zero-order valence-corrected chi connectivity index (χ0v) is 41.9. The van der Waals surface area contributed by atoms with E-state index in [1.165, 1.54) is 12.4 Å². The van der Waals surface area contributed by atoms with Gasteiger partial charge >= 0.3 is 6.18 Å². The first-order valence-electron chi connectivity index (χ1n) is 25.6. The molecule has 2 aromatic heterocycles. The monoisotopic (exact) mass is 1020 g/mol. The molecule has 19 nitrogen and oxygen atoms in total. The van der Waals surface area contributed by atoms with Crippen molar-refractivity contribution in [2.45, 2.75) is 127 Å². The van der Waals surface area contributed by atoms with E-state index in [-0.39, 0.29) is 129 Å². The summed E-state index contributed by atoms with van der Waals surface area (Å²) in [5, 5.41) is 18.9. The van der Waals surface area contributed by atoms with Crippen molar-refractivity contribution in [1.29, 1.82) is 0 Å². The van der Waals surface area contributed by atoms with Gasteiger partial charge in [-0.05, 0) is 100 Å². The van der Waals surface area contributed by atoms with Gasteiger partial charge in [0, 0.05) is 81.9 Å². The second-order valence-electron chi connectivity index (χ2n) is 20.0. The number of carbonyl (C=O) groups is 6. The van der Waals surface area contributed by atoms with Crippen LogP contribution in [0.3, 0.4) is 0 Å². The summed E-state index contributed by atoms with van der Waals surface area (Å²) < 4.78 is 51.8. The molecule has 0 spiro atoms. The molecule has 398 valence electrons. The number of benzene rings is 1. The van der Waals surface area contributed by atoms with Crippen molar-refractivity contribution in [3.63, 3.8) is 0 Å². The Bertz CT molecular complexity index is 2370. The third-order valence-corrected chi connectivity index (χ3v) is 14.3. The van der Waals surface area contributed by atoms with Crippen LogP contribution in [-0.2, 0) is 44.4 Å². The number of pyridine rings is 1. The van der Waals surface area contributed by atoms with Gasteiger partial charge in [-0.15, -0.1) is 0 Å². The Morgan fingerprint density at radius 1 is 0.863 bits per heavy atom. The number of halogens is 3. The van der Waals surface area contributed by atoms with E-state index in [0.29, 0.717) is 75.9 Å². The summed E-state index contributed by atoms with van der Waals surface area (Å²) >= 11 is 0. The second-order valence-corrected chi connectivity index (χ2v) is 20.0. The summed E-state index contributed by atoms with van der Waals surface area (Å²) in [6.45, 7) is 6.54. The van der Waals surface area contributed by atoms with E-state index in [9.17, 15) is 41.9 Å². The summed E-state index contributed by atoms with van der Waals surface area (Å²) in [5.41, 5.74) is 0.294. The Balaban J connectivity index is 0.767. The molecule has 0 unspecified atom stereocenters. The molecule has 3 aromatic rings. The van der Waals surface area contributed by atoms with E-state index >= 15 is 0 Å². The summed E-state index contributed by atoms with van der Waals surface area (Å²) in [6.07, 6.45) is 5.74. The maximum Gasteiger partial charge on any atom is 0.416 e. The molecular formula is C51H70F3N11O8. The summed E-state index contributed by atoms with van der Waals surface area (Å²) in [6, 6.07) is 5.29. The summed E-state index contributed by atoms with van der Waals surface area (Å²) in [4.78, 5) is 94.1. The van der Waals surface area contributed by atoms with Crippen LogP contribution in [-0.4, -0.2) is 150 Å². The molecule has 6 atom stereocenters. The van der Waals surface area contributed by atoms with Gasteiger partial charge in [0.2, 0.25) is 35.4 Å². The molecule has 73 heavy (non-hydrogen) atoms. The lowest BCUT2D eigenvalue weighted by molar-refractivity contribution is -0.137. The minimum absolute atomic E-state index is 0.0738. The number of alkyl halides is 3. The quantitative estimate of drug-likeness (QED) is 0.0746. The number of nitrogens with zero attached hydrogens (tertiary/aromatic N) is 5. The first-order chi connectivity index (χ1) is 35.0. The largest absolute Gasteiger partial charge is 0.416 e. The fraction of sp³-hybridized carbons (Fsp3) is 0.627. The first-order valence-corrected chi connectivity index (χ1v) is 25.6. The Kier molecular flexibility index (Phi) is 19.3. The number of aromatic nitrogens is 3. The zero-order valence-electron chi connectivity index (χ0n) is 41.9. The highest BCUT2D eigenvalue weighted by molar-refractivity contribution is 5.93. The lowest BCUT2D eigenvalue weighted by atomic mass is 9.83. The predicted octanol–water partition coefficient (Wildman–Crippen LogP) is 3.65. The van der Waals surface area contributed by atoms with Gasteiger partial charge in [-0.25, -0.2) is 9.97 Å². The molecule has 7 rings (SSSR count). The molecule has 4 fully saturated rings. The Morgan fingerprint density at radius 3 is 2.41 bits per heavy atom. The SMILES string of the molecule is CC(C)CN[C@@H]1CC[C@H](N2CC[C@H](Nc3ncnc4ccc(C(F)(F)F)cc34)C2=O)[C@H](NC(=O)C2CCC(NC(=O)CCOCCNC(=O)COCCCNC(=O)[C@H]3CC(=O)N(C)[C@@H]3c3cccnc3)CC2)C1. The number of likely N-dealkylation sites (tertiary alicyclic amines) is 2. The standard InChI is InChI=1S/C51H70F3N11O8/c1-31(2)27-58-36-12-14-42(65-20-15-40(50(65)71)62-47-37-24-34(51(52,53)54)9-13-39(37)59-30-60-47)41(25-36)63-48(69)32-7-10-35(11-8-32)61-43(66)16-22-72-23-19-56-44(67)29-73-21-5-18-57-49(70)38-26-45(68)64(3)46(38)33-6-4-17-55-28-33/h4,6,9,13,17,24,28,30-32,35-36,38,40-42,46,58H,5,7-8,10-12,14-16,18-23,25-27,29H2,1-3H3,(H,56,67)(H,57,70)(H,61,66)(H,63,69)(H,59,60,62)/t32?,35?,36-,38+,40+,41-,42+,46-/m1/s1. The van der Waals surface area contributed by atoms with Crippen LogP contribution in [0.5, 0.6) is 0 Å². The molecule has 6 amide bonds. The molecule has 4 aliphatic rings. The zero-order chi connectivity index (χ0) is 52.1.